The molecule has 1 aliphatic rings. The van der Waals surface area contributed by atoms with Crippen LogP contribution in [0.3, 0.4) is 0 Å². The fraction of sp³-hybridized carbons (Fsp3) is 0.208. The summed E-state index contributed by atoms with van der Waals surface area (Å²) in [7, 11) is -3.65. The maximum atomic E-state index is 13.2. The molecule has 0 saturated heterocycles. The van der Waals surface area contributed by atoms with Crippen LogP contribution in [0.4, 0.5) is 11.4 Å². The molecule has 0 atom stereocenters. The quantitative estimate of drug-likeness (QED) is 0.643. The number of rotatable bonds is 6. The standard InChI is InChI=1S/C24H24N2O3S/c27-24(16-13-19-8-3-1-4-9-19)25-21-15-14-20-10-7-17-26(23(20)18-21)30(28,29)22-11-5-2-6-12-22/h1-6,8-9,11-12,14-15,18H,7,10,13,16-17H2,(H,25,27). The molecule has 4 rings (SSSR count). The van der Waals surface area contributed by atoms with Gasteiger partial charge in [-0.3, -0.25) is 9.10 Å². The summed E-state index contributed by atoms with van der Waals surface area (Å²) in [5.74, 6) is -0.0907. The highest BCUT2D eigenvalue weighted by atomic mass is 32.2. The van der Waals surface area contributed by atoms with Gasteiger partial charge < -0.3 is 5.32 Å². The van der Waals surface area contributed by atoms with Crippen LogP contribution in [0.25, 0.3) is 0 Å². The molecular weight excluding hydrogens is 396 g/mol. The minimum atomic E-state index is -3.65. The molecule has 0 fully saturated rings. The Labute approximate surface area is 177 Å². The number of hydrogen-bond donors (Lipinski definition) is 1. The maximum absolute atomic E-state index is 13.2. The van der Waals surface area contributed by atoms with Crippen LogP contribution in [0.2, 0.25) is 0 Å². The summed E-state index contributed by atoms with van der Waals surface area (Å²) in [5, 5.41) is 2.91. The fourth-order valence-electron chi connectivity index (χ4n) is 3.71. The average Bonchev–Trinajstić information content (AvgIpc) is 2.78. The number of carbonyl (C=O) groups is 1. The molecule has 1 heterocycles. The first-order valence-electron chi connectivity index (χ1n) is 10.1. The Bertz CT molecular complexity index is 1130. The van der Waals surface area contributed by atoms with Gasteiger partial charge in [0.05, 0.1) is 10.6 Å². The van der Waals surface area contributed by atoms with E-state index >= 15 is 0 Å². The van der Waals surface area contributed by atoms with Crippen LogP contribution < -0.4 is 9.62 Å². The molecule has 0 unspecified atom stereocenters. The van der Waals surface area contributed by atoms with Gasteiger partial charge in [-0.15, -0.1) is 0 Å². The van der Waals surface area contributed by atoms with E-state index in [1.165, 1.54) is 4.31 Å². The molecule has 0 saturated carbocycles. The summed E-state index contributed by atoms with van der Waals surface area (Å²) in [6.45, 7) is 0.426. The van der Waals surface area contributed by atoms with Crippen LogP contribution in [-0.4, -0.2) is 20.9 Å². The van der Waals surface area contributed by atoms with E-state index < -0.39 is 10.0 Å². The first-order chi connectivity index (χ1) is 14.5. The highest BCUT2D eigenvalue weighted by Gasteiger charge is 2.29. The average molecular weight is 421 g/mol. The van der Waals surface area contributed by atoms with Crippen LogP contribution in [0.1, 0.15) is 24.0 Å². The van der Waals surface area contributed by atoms with E-state index in [1.807, 2.05) is 42.5 Å². The SMILES string of the molecule is O=C(CCc1ccccc1)Nc1ccc2c(c1)N(S(=O)(=O)c1ccccc1)CCC2. The van der Waals surface area contributed by atoms with Crippen molar-refractivity contribution in [3.8, 4) is 0 Å². The lowest BCUT2D eigenvalue weighted by atomic mass is 10.0. The van der Waals surface area contributed by atoms with Gasteiger partial charge in [-0.25, -0.2) is 8.42 Å². The summed E-state index contributed by atoms with van der Waals surface area (Å²) >= 11 is 0. The van der Waals surface area contributed by atoms with Crippen molar-refractivity contribution in [2.75, 3.05) is 16.2 Å². The molecule has 0 aliphatic carbocycles. The number of amides is 1. The Hall–Kier alpha value is -3.12. The van der Waals surface area contributed by atoms with Crippen LogP contribution >= 0.6 is 0 Å². The summed E-state index contributed by atoms with van der Waals surface area (Å²) in [6, 6.07) is 23.9. The molecule has 0 radical (unpaired) electrons. The number of nitrogens with zero attached hydrogens (tertiary/aromatic N) is 1. The third kappa shape index (κ3) is 4.39. The highest BCUT2D eigenvalue weighted by molar-refractivity contribution is 7.92. The van der Waals surface area contributed by atoms with E-state index in [4.69, 9.17) is 0 Å². The van der Waals surface area contributed by atoms with E-state index in [-0.39, 0.29) is 10.8 Å². The monoisotopic (exact) mass is 420 g/mol. The smallest absolute Gasteiger partial charge is 0.264 e. The molecule has 30 heavy (non-hydrogen) atoms. The first-order valence-corrected chi connectivity index (χ1v) is 11.5. The number of fused-ring (bicyclic) bond motifs is 1. The van der Waals surface area contributed by atoms with Gasteiger partial charge in [0.2, 0.25) is 5.91 Å². The molecular formula is C24H24N2O3S. The predicted molar refractivity (Wildman–Crippen MR) is 119 cm³/mol. The number of hydrogen-bond acceptors (Lipinski definition) is 3. The van der Waals surface area contributed by atoms with Crippen LogP contribution in [0.5, 0.6) is 0 Å². The second-order valence-corrected chi connectivity index (χ2v) is 9.23. The number of aryl methyl sites for hydroxylation is 2. The van der Waals surface area contributed by atoms with Crippen molar-refractivity contribution >= 4 is 27.3 Å². The largest absolute Gasteiger partial charge is 0.326 e. The molecule has 3 aromatic rings. The predicted octanol–water partition coefficient (Wildman–Crippen LogP) is 4.40. The Morgan fingerprint density at radius 1 is 0.933 bits per heavy atom. The second-order valence-electron chi connectivity index (χ2n) is 7.37. The van der Waals surface area contributed by atoms with Gasteiger partial charge in [0.25, 0.3) is 10.0 Å². The van der Waals surface area contributed by atoms with E-state index in [2.05, 4.69) is 5.32 Å². The third-order valence-corrected chi connectivity index (χ3v) is 7.09. The van der Waals surface area contributed by atoms with Crippen LogP contribution in [-0.2, 0) is 27.7 Å². The molecule has 0 bridgehead atoms. The van der Waals surface area contributed by atoms with Crippen molar-refractivity contribution < 1.29 is 13.2 Å². The van der Waals surface area contributed by atoms with E-state index in [0.29, 0.717) is 30.8 Å². The maximum Gasteiger partial charge on any atom is 0.264 e. The molecule has 5 nitrogen and oxygen atoms in total. The molecule has 6 heteroatoms. The molecule has 0 aromatic heterocycles. The van der Waals surface area contributed by atoms with Crippen LogP contribution in [0, 0.1) is 0 Å². The van der Waals surface area contributed by atoms with Gasteiger partial charge in [-0.1, -0.05) is 54.6 Å². The number of benzene rings is 3. The molecule has 0 spiro atoms. The number of anilines is 2. The van der Waals surface area contributed by atoms with Gasteiger partial charge >= 0.3 is 0 Å². The normalized spacial score (nSPS) is 13.5. The Balaban J connectivity index is 1.53. The zero-order chi connectivity index (χ0) is 21.0. The Morgan fingerprint density at radius 3 is 2.37 bits per heavy atom. The number of carbonyl (C=O) groups excluding carboxylic acids is 1. The lowest BCUT2D eigenvalue weighted by Crippen LogP contribution is -2.35. The Morgan fingerprint density at radius 2 is 1.63 bits per heavy atom. The zero-order valence-corrected chi connectivity index (χ0v) is 17.4. The Kier molecular flexibility index (Phi) is 5.86. The zero-order valence-electron chi connectivity index (χ0n) is 16.6. The van der Waals surface area contributed by atoms with Crippen molar-refractivity contribution in [1.82, 2.24) is 0 Å². The summed E-state index contributed by atoms with van der Waals surface area (Å²) in [5.41, 5.74) is 3.34. The molecule has 1 N–H and O–H groups in total. The van der Waals surface area contributed by atoms with Crippen molar-refractivity contribution in [1.29, 1.82) is 0 Å². The molecule has 1 amide bonds. The summed E-state index contributed by atoms with van der Waals surface area (Å²) in [6.07, 6.45) is 2.61. The van der Waals surface area contributed by atoms with Gasteiger partial charge in [0.1, 0.15) is 0 Å². The topological polar surface area (TPSA) is 66.5 Å². The highest BCUT2D eigenvalue weighted by Crippen LogP contribution is 2.34. The van der Waals surface area contributed by atoms with Gasteiger partial charge in [0, 0.05) is 18.7 Å². The van der Waals surface area contributed by atoms with Crippen molar-refractivity contribution in [2.24, 2.45) is 0 Å². The minimum Gasteiger partial charge on any atom is -0.326 e. The molecule has 3 aromatic carbocycles. The third-order valence-electron chi connectivity index (χ3n) is 5.26. The van der Waals surface area contributed by atoms with E-state index in [9.17, 15) is 13.2 Å². The first kappa shape index (κ1) is 20.2. The molecule has 1 aliphatic heterocycles. The van der Waals surface area contributed by atoms with Crippen molar-refractivity contribution in [3.05, 3.63) is 90.0 Å². The number of nitrogens with one attached hydrogen (secondary N) is 1. The fourth-order valence-corrected chi connectivity index (χ4v) is 5.27. The van der Waals surface area contributed by atoms with E-state index in [1.54, 1.807) is 36.4 Å². The number of sulfonamides is 1. The lowest BCUT2D eigenvalue weighted by Gasteiger charge is -2.31. The van der Waals surface area contributed by atoms with Gasteiger partial charge in [-0.2, -0.15) is 0 Å². The summed E-state index contributed by atoms with van der Waals surface area (Å²) < 4.78 is 27.8. The lowest BCUT2D eigenvalue weighted by molar-refractivity contribution is -0.116. The van der Waals surface area contributed by atoms with Crippen LogP contribution in [0.15, 0.2) is 83.8 Å². The minimum absolute atomic E-state index is 0.0907. The van der Waals surface area contributed by atoms with E-state index in [0.717, 1.165) is 24.0 Å². The van der Waals surface area contributed by atoms with Crippen molar-refractivity contribution in [2.45, 2.75) is 30.6 Å². The van der Waals surface area contributed by atoms with Gasteiger partial charge in [0.15, 0.2) is 0 Å². The summed E-state index contributed by atoms with van der Waals surface area (Å²) in [4.78, 5) is 12.7. The second kappa shape index (κ2) is 8.71. The van der Waals surface area contributed by atoms with Crippen molar-refractivity contribution in [3.63, 3.8) is 0 Å². The van der Waals surface area contributed by atoms with Gasteiger partial charge in [-0.05, 0) is 54.7 Å². The molecule has 154 valence electrons.